The summed E-state index contributed by atoms with van der Waals surface area (Å²) in [6.07, 6.45) is 5.79. The van der Waals surface area contributed by atoms with Gasteiger partial charge in [-0.1, -0.05) is 0 Å². The maximum Gasteiger partial charge on any atom is 0.407 e. The van der Waals surface area contributed by atoms with Gasteiger partial charge in [-0.15, -0.1) is 0 Å². The molecular weight excluding hydrogens is 434 g/mol. The van der Waals surface area contributed by atoms with E-state index in [-0.39, 0.29) is 6.04 Å². The molecule has 3 aliphatic rings. The molecular formula is C24H33N7O3. The standard InChI is InChI=1S/C24H33N7O3/c1-16-12-25-7-5-20(16)30-10-6-18-19(14-30)27-23(34-15-17-4-3-9-29(17)2)28-22(18)21-13-26-8-11-31(21)24(32)33/h5,7,12,17,21,26H,3-4,6,8-11,13-15H2,1-2H3,(H,32,33)/t17-,21?/m0/s1. The van der Waals surface area contributed by atoms with Gasteiger partial charge in [0.05, 0.1) is 24.0 Å². The van der Waals surface area contributed by atoms with Gasteiger partial charge in [-0.05, 0) is 51.4 Å². The van der Waals surface area contributed by atoms with E-state index in [2.05, 4.69) is 34.1 Å². The van der Waals surface area contributed by atoms with Gasteiger partial charge in [0, 0.05) is 55.9 Å². The fraction of sp³-hybridized carbons (Fsp3) is 0.583. The Hall–Kier alpha value is -2.98. The molecule has 1 amide bonds. The first-order chi connectivity index (χ1) is 16.5. The molecule has 10 heteroatoms. The van der Waals surface area contributed by atoms with Crippen LogP contribution in [0.5, 0.6) is 6.01 Å². The molecule has 0 aromatic carbocycles. The highest BCUT2D eigenvalue weighted by atomic mass is 16.5. The van der Waals surface area contributed by atoms with Crippen molar-refractivity contribution in [3.05, 3.63) is 41.0 Å². The van der Waals surface area contributed by atoms with Crippen molar-refractivity contribution >= 4 is 11.8 Å². The van der Waals surface area contributed by atoms with Gasteiger partial charge in [-0.3, -0.25) is 9.88 Å². The van der Waals surface area contributed by atoms with E-state index in [1.807, 2.05) is 18.5 Å². The van der Waals surface area contributed by atoms with Gasteiger partial charge >= 0.3 is 12.1 Å². The summed E-state index contributed by atoms with van der Waals surface area (Å²) in [5, 5.41) is 13.2. The summed E-state index contributed by atoms with van der Waals surface area (Å²) in [7, 11) is 2.12. The van der Waals surface area contributed by atoms with E-state index < -0.39 is 6.09 Å². The molecule has 10 nitrogen and oxygen atoms in total. The number of hydrogen-bond acceptors (Lipinski definition) is 8. The van der Waals surface area contributed by atoms with Crippen molar-refractivity contribution < 1.29 is 14.6 Å². The summed E-state index contributed by atoms with van der Waals surface area (Å²) in [4.78, 5) is 32.0. The summed E-state index contributed by atoms with van der Waals surface area (Å²) in [6.45, 7) is 6.73. The van der Waals surface area contributed by atoms with Gasteiger partial charge in [-0.2, -0.15) is 9.97 Å². The number of hydrogen-bond donors (Lipinski definition) is 2. The minimum absolute atomic E-state index is 0.346. The normalized spacial score (nSPS) is 23.1. The fourth-order valence-electron chi connectivity index (χ4n) is 5.34. The molecule has 2 aromatic rings. The van der Waals surface area contributed by atoms with E-state index in [4.69, 9.17) is 14.7 Å². The number of aromatic nitrogens is 3. The van der Waals surface area contributed by atoms with Crippen LogP contribution >= 0.6 is 0 Å². The van der Waals surface area contributed by atoms with Crippen LogP contribution in [-0.2, 0) is 13.0 Å². The van der Waals surface area contributed by atoms with E-state index >= 15 is 0 Å². The summed E-state index contributed by atoms with van der Waals surface area (Å²) in [5.74, 6) is 0. The van der Waals surface area contributed by atoms with Crippen LogP contribution in [0.4, 0.5) is 10.5 Å². The zero-order valence-corrected chi connectivity index (χ0v) is 19.9. The van der Waals surface area contributed by atoms with Gasteiger partial charge in [0.1, 0.15) is 6.61 Å². The van der Waals surface area contributed by atoms with E-state index in [9.17, 15) is 9.90 Å². The van der Waals surface area contributed by atoms with Crippen molar-refractivity contribution in [2.75, 3.05) is 51.3 Å². The minimum atomic E-state index is -0.918. The number of amides is 1. The Kier molecular flexibility index (Phi) is 6.51. The third-order valence-corrected chi connectivity index (χ3v) is 7.29. The quantitative estimate of drug-likeness (QED) is 0.681. The average Bonchev–Trinajstić information content (AvgIpc) is 3.26. The molecule has 5 rings (SSSR count). The van der Waals surface area contributed by atoms with Crippen molar-refractivity contribution in [1.29, 1.82) is 0 Å². The molecule has 0 saturated carbocycles. The van der Waals surface area contributed by atoms with E-state index in [0.29, 0.717) is 44.8 Å². The third kappa shape index (κ3) is 4.52. The van der Waals surface area contributed by atoms with Crippen LogP contribution in [0.1, 0.15) is 41.4 Å². The van der Waals surface area contributed by atoms with Gasteiger partial charge in [-0.25, -0.2) is 4.79 Å². The van der Waals surface area contributed by atoms with Crippen molar-refractivity contribution in [2.45, 2.75) is 44.8 Å². The third-order valence-electron chi connectivity index (χ3n) is 7.29. The number of pyridine rings is 1. The zero-order valence-electron chi connectivity index (χ0n) is 19.9. The number of rotatable bonds is 5. The van der Waals surface area contributed by atoms with Crippen LogP contribution < -0.4 is 15.0 Å². The predicted octanol–water partition coefficient (Wildman–Crippen LogP) is 1.84. The number of likely N-dealkylation sites (tertiary alicyclic amines) is 1. The number of likely N-dealkylation sites (N-methyl/N-ethyl adjacent to an activating group) is 1. The Labute approximate surface area is 200 Å². The lowest BCUT2D eigenvalue weighted by atomic mass is 9.96. The lowest BCUT2D eigenvalue weighted by molar-refractivity contribution is 0.110. The molecule has 1 unspecified atom stereocenters. The molecule has 2 fully saturated rings. The summed E-state index contributed by atoms with van der Waals surface area (Å²) in [5.41, 5.74) is 5.00. The maximum atomic E-state index is 12.0. The first kappa shape index (κ1) is 22.8. The largest absolute Gasteiger partial charge is 0.465 e. The number of piperazine rings is 1. The van der Waals surface area contributed by atoms with Crippen molar-refractivity contribution in [3.8, 4) is 6.01 Å². The van der Waals surface area contributed by atoms with Crippen LogP contribution in [0.25, 0.3) is 0 Å². The zero-order chi connectivity index (χ0) is 23.7. The summed E-state index contributed by atoms with van der Waals surface area (Å²) >= 11 is 0. The Morgan fingerprint density at radius 1 is 1.29 bits per heavy atom. The van der Waals surface area contributed by atoms with E-state index in [1.54, 1.807) is 0 Å². The van der Waals surface area contributed by atoms with Crippen molar-refractivity contribution in [2.24, 2.45) is 0 Å². The van der Waals surface area contributed by atoms with Gasteiger partial charge in [0.25, 0.3) is 0 Å². The van der Waals surface area contributed by atoms with Crippen LogP contribution in [0, 0.1) is 6.92 Å². The Morgan fingerprint density at radius 3 is 2.94 bits per heavy atom. The first-order valence-electron chi connectivity index (χ1n) is 12.1. The van der Waals surface area contributed by atoms with Crippen LogP contribution in [0.2, 0.25) is 0 Å². The predicted molar refractivity (Wildman–Crippen MR) is 127 cm³/mol. The van der Waals surface area contributed by atoms with Crippen molar-refractivity contribution in [1.82, 2.24) is 30.1 Å². The molecule has 182 valence electrons. The molecule has 2 saturated heterocycles. The first-order valence-corrected chi connectivity index (χ1v) is 12.1. The molecule has 0 radical (unpaired) electrons. The second-order valence-electron chi connectivity index (χ2n) is 9.43. The Morgan fingerprint density at radius 2 is 2.18 bits per heavy atom. The smallest absolute Gasteiger partial charge is 0.407 e. The SMILES string of the molecule is Cc1cnccc1N1CCc2c(nc(OC[C@@H]3CCCN3C)nc2C2CNCCN2C(=O)O)C1. The minimum Gasteiger partial charge on any atom is -0.465 e. The molecule has 2 N–H and O–H groups in total. The van der Waals surface area contributed by atoms with E-state index in [0.717, 1.165) is 54.1 Å². The molecule has 2 atom stereocenters. The number of nitrogens with zero attached hydrogens (tertiary/aromatic N) is 6. The number of aryl methyl sites for hydroxylation is 1. The molecule has 34 heavy (non-hydrogen) atoms. The fourth-order valence-corrected chi connectivity index (χ4v) is 5.34. The number of anilines is 1. The highest BCUT2D eigenvalue weighted by molar-refractivity contribution is 5.66. The lowest BCUT2D eigenvalue weighted by Gasteiger charge is -2.37. The van der Waals surface area contributed by atoms with Gasteiger partial charge in [0.15, 0.2) is 0 Å². The molecule has 5 heterocycles. The molecule has 0 spiro atoms. The lowest BCUT2D eigenvalue weighted by Crippen LogP contribution is -2.49. The highest BCUT2D eigenvalue weighted by Gasteiger charge is 2.34. The van der Waals surface area contributed by atoms with Gasteiger partial charge < -0.3 is 25.0 Å². The van der Waals surface area contributed by atoms with Crippen LogP contribution in [0.15, 0.2) is 18.5 Å². The number of ether oxygens (including phenoxy) is 1. The molecule has 0 bridgehead atoms. The summed E-state index contributed by atoms with van der Waals surface area (Å²) < 4.78 is 6.14. The van der Waals surface area contributed by atoms with E-state index in [1.165, 1.54) is 11.3 Å². The topological polar surface area (TPSA) is 107 Å². The highest BCUT2D eigenvalue weighted by Crippen LogP contribution is 2.33. The average molecular weight is 468 g/mol. The van der Waals surface area contributed by atoms with Crippen molar-refractivity contribution in [3.63, 3.8) is 0 Å². The van der Waals surface area contributed by atoms with Gasteiger partial charge in [0.2, 0.25) is 0 Å². The number of carboxylic acid groups (broad SMARTS) is 1. The maximum absolute atomic E-state index is 12.0. The molecule has 2 aromatic heterocycles. The monoisotopic (exact) mass is 467 g/mol. The van der Waals surface area contributed by atoms with Crippen LogP contribution in [0.3, 0.4) is 0 Å². The molecule has 3 aliphatic heterocycles. The second-order valence-corrected chi connectivity index (χ2v) is 9.43. The molecule has 0 aliphatic carbocycles. The Bertz CT molecular complexity index is 1050. The number of carbonyl (C=O) groups is 1. The summed E-state index contributed by atoms with van der Waals surface area (Å²) in [6, 6.07) is 2.38. The van der Waals surface area contributed by atoms with Crippen LogP contribution in [-0.4, -0.2) is 88.4 Å². The second kappa shape index (κ2) is 9.71. The Balaban J connectivity index is 1.48. The number of fused-ring (bicyclic) bond motifs is 1. The number of nitrogens with one attached hydrogen (secondary N) is 1.